The highest BCUT2D eigenvalue weighted by Crippen LogP contribution is 2.21. The molecule has 0 aromatic rings. The Morgan fingerprint density at radius 2 is 1.80 bits per heavy atom. The van der Waals surface area contributed by atoms with Gasteiger partial charge in [0.05, 0.1) is 13.2 Å². The topological polar surface area (TPSA) is 99.4 Å². The lowest BCUT2D eigenvalue weighted by molar-refractivity contribution is -0.299. The Morgan fingerprint density at radius 3 is 2.33 bits per heavy atom. The van der Waals surface area contributed by atoms with Gasteiger partial charge < -0.3 is 29.9 Å². The molecule has 0 aliphatic carbocycles. The molecule has 1 rings (SSSR count). The second-order valence-corrected chi connectivity index (χ2v) is 3.64. The van der Waals surface area contributed by atoms with Crippen LogP contribution in [0.5, 0.6) is 0 Å². The third kappa shape index (κ3) is 3.01. The fourth-order valence-corrected chi connectivity index (χ4v) is 1.45. The molecule has 7 heteroatoms. The summed E-state index contributed by atoms with van der Waals surface area (Å²) in [4.78, 5) is 0. The first-order valence-electron chi connectivity index (χ1n) is 4.60. The van der Waals surface area contributed by atoms with Crippen LogP contribution in [0.2, 0.25) is 0 Å². The zero-order chi connectivity index (χ0) is 11.4. The molecule has 0 amide bonds. The minimum atomic E-state index is -1.41. The van der Waals surface area contributed by atoms with E-state index in [-0.39, 0.29) is 12.5 Å². The van der Waals surface area contributed by atoms with Gasteiger partial charge in [-0.05, 0) is 0 Å². The lowest BCUT2D eigenvalue weighted by Crippen LogP contribution is -2.59. The Morgan fingerprint density at radius 1 is 1.13 bits per heavy atom. The minimum Gasteiger partial charge on any atom is -0.394 e. The van der Waals surface area contributed by atoms with Gasteiger partial charge in [0.2, 0.25) is 0 Å². The molecule has 1 fully saturated rings. The van der Waals surface area contributed by atoms with Crippen LogP contribution >= 0.6 is 11.6 Å². The zero-order valence-corrected chi connectivity index (χ0v) is 8.75. The molecule has 0 aromatic heterocycles. The van der Waals surface area contributed by atoms with Crippen molar-refractivity contribution < 1.29 is 29.9 Å². The Labute approximate surface area is 92.0 Å². The zero-order valence-electron chi connectivity index (χ0n) is 7.99. The van der Waals surface area contributed by atoms with Gasteiger partial charge in [-0.25, -0.2) is 0 Å². The SMILES string of the molecule is OC[C@H]1O[C@H](OCCCl)[C@@H](O)[C@@H](O)[C@@H]1O. The maximum Gasteiger partial charge on any atom is 0.186 e. The summed E-state index contributed by atoms with van der Waals surface area (Å²) in [5.74, 6) is 0.217. The molecule has 0 aromatic carbocycles. The van der Waals surface area contributed by atoms with E-state index in [0.717, 1.165) is 0 Å². The Bertz CT molecular complexity index is 190. The Kier molecular flexibility index (Phi) is 5.20. The molecular formula is C8H15ClO6. The summed E-state index contributed by atoms with van der Waals surface area (Å²) in [6.07, 6.45) is -6.15. The molecule has 1 heterocycles. The number of ether oxygens (including phenoxy) is 2. The normalized spacial score (nSPS) is 41.8. The number of hydrogen-bond acceptors (Lipinski definition) is 6. The standard InChI is InChI=1S/C8H15ClO6/c9-1-2-14-8-7(13)6(12)5(11)4(3-10)15-8/h4-8,10-13H,1-3H2/t4-,5-,6+,7+,8+/m1/s1. The number of hydrogen-bond donors (Lipinski definition) is 4. The largest absolute Gasteiger partial charge is 0.394 e. The monoisotopic (exact) mass is 242 g/mol. The first kappa shape index (κ1) is 13.1. The van der Waals surface area contributed by atoms with E-state index >= 15 is 0 Å². The van der Waals surface area contributed by atoms with Gasteiger partial charge in [0.25, 0.3) is 0 Å². The molecule has 4 N–H and O–H groups in total. The van der Waals surface area contributed by atoms with Crippen molar-refractivity contribution in [3.63, 3.8) is 0 Å². The van der Waals surface area contributed by atoms with Gasteiger partial charge in [0.1, 0.15) is 24.4 Å². The van der Waals surface area contributed by atoms with Gasteiger partial charge in [-0.15, -0.1) is 11.6 Å². The lowest BCUT2D eigenvalue weighted by atomic mass is 9.99. The predicted molar refractivity (Wildman–Crippen MR) is 50.4 cm³/mol. The average Bonchev–Trinajstić information content (AvgIpc) is 2.25. The number of halogens is 1. The fraction of sp³-hybridized carbons (Fsp3) is 1.00. The van der Waals surface area contributed by atoms with E-state index in [0.29, 0.717) is 0 Å². The second-order valence-electron chi connectivity index (χ2n) is 3.26. The number of aliphatic hydroxyl groups excluding tert-OH is 4. The number of aliphatic hydroxyl groups is 4. The van der Waals surface area contributed by atoms with Gasteiger partial charge >= 0.3 is 0 Å². The van der Waals surface area contributed by atoms with Crippen molar-refractivity contribution in [3.8, 4) is 0 Å². The van der Waals surface area contributed by atoms with Crippen LogP contribution in [-0.4, -0.2) is 70.2 Å². The van der Waals surface area contributed by atoms with Crippen LogP contribution in [0.4, 0.5) is 0 Å². The van der Waals surface area contributed by atoms with Crippen LogP contribution < -0.4 is 0 Å². The van der Waals surface area contributed by atoms with E-state index in [9.17, 15) is 15.3 Å². The summed E-state index contributed by atoms with van der Waals surface area (Å²) in [6, 6.07) is 0. The van der Waals surface area contributed by atoms with E-state index in [1.165, 1.54) is 0 Å². The van der Waals surface area contributed by atoms with Gasteiger partial charge in [0.15, 0.2) is 6.29 Å². The van der Waals surface area contributed by atoms with E-state index < -0.39 is 37.3 Å². The van der Waals surface area contributed by atoms with Gasteiger partial charge in [-0.1, -0.05) is 0 Å². The predicted octanol–water partition coefficient (Wildman–Crippen LogP) is -1.96. The van der Waals surface area contributed by atoms with Crippen LogP contribution in [0.1, 0.15) is 0 Å². The molecule has 0 spiro atoms. The van der Waals surface area contributed by atoms with Crippen molar-refractivity contribution in [3.05, 3.63) is 0 Å². The summed E-state index contributed by atoms with van der Waals surface area (Å²) >= 11 is 5.38. The quantitative estimate of drug-likeness (QED) is 0.428. The van der Waals surface area contributed by atoms with Crippen molar-refractivity contribution in [1.29, 1.82) is 0 Å². The molecule has 15 heavy (non-hydrogen) atoms. The highest BCUT2D eigenvalue weighted by atomic mass is 35.5. The number of alkyl halides is 1. The van der Waals surface area contributed by atoms with Crippen LogP contribution in [0.15, 0.2) is 0 Å². The van der Waals surface area contributed by atoms with Crippen molar-refractivity contribution in [2.45, 2.75) is 30.7 Å². The van der Waals surface area contributed by atoms with Crippen molar-refractivity contribution >= 4 is 11.6 Å². The van der Waals surface area contributed by atoms with Crippen LogP contribution in [0.3, 0.4) is 0 Å². The molecule has 90 valence electrons. The molecule has 5 atom stereocenters. The van der Waals surface area contributed by atoms with Crippen LogP contribution in [-0.2, 0) is 9.47 Å². The smallest absolute Gasteiger partial charge is 0.186 e. The van der Waals surface area contributed by atoms with Crippen molar-refractivity contribution in [1.82, 2.24) is 0 Å². The summed E-state index contributed by atoms with van der Waals surface area (Å²) in [7, 11) is 0. The highest BCUT2D eigenvalue weighted by Gasteiger charge is 2.43. The summed E-state index contributed by atoms with van der Waals surface area (Å²) in [6.45, 7) is -0.323. The maximum absolute atomic E-state index is 9.46. The lowest BCUT2D eigenvalue weighted by Gasteiger charge is -2.39. The summed E-state index contributed by atoms with van der Waals surface area (Å²) < 4.78 is 10.1. The van der Waals surface area contributed by atoms with Crippen LogP contribution in [0.25, 0.3) is 0 Å². The molecule has 0 unspecified atom stereocenters. The molecular weight excluding hydrogens is 228 g/mol. The molecule has 0 radical (unpaired) electrons. The van der Waals surface area contributed by atoms with E-state index in [1.807, 2.05) is 0 Å². The van der Waals surface area contributed by atoms with E-state index in [4.69, 9.17) is 26.2 Å². The Balaban J connectivity index is 2.57. The Hall–Kier alpha value is 0.0500. The minimum absolute atomic E-state index is 0.143. The van der Waals surface area contributed by atoms with Crippen LogP contribution in [0, 0.1) is 0 Å². The van der Waals surface area contributed by atoms with Gasteiger partial charge in [-0.3, -0.25) is 0 Å². The van der Waals surface area contributed by atoms with Crippen molar-refractivity contribution in [2.75, 3.05) is 19.1 Å². The molecule has 0 saturated carbocycles. The average molecular weight is 243 g/mol. The maximum atomic E-state index is 9.46. The molecule has 0 bridgehead atoms. The second kappa shape index (κ2) is 5.95. The number of rotatable bonds is 4. The molecule has 1 aliphatic rings. The highest BCUT2D eigenvalue weighted by molar-refractivity contribution is 6.17. The van der Waals surface area contributed by atoms with Gasteiger partial charge in [-0.2, -0.15) is 0 Å². The van der Waals surface area contributed by atoms with Gasteiger partial charge in [0, 0.05) is 5.88 Å². The van der Waals surface area contributed by atoms with E-state index in [2.05, 4.69) is 0 Å². The van der Waals surface area contributed by atoms with E-state index in [1.54, 1.807) is 0 Å². The fourth-order valence-electron chi connectivity index (χ4n) is 1.37. The van der Waals surface area contributed by atoms with Crippen molar-refractivity contribution in [2.24, 2.45) is 0 Å². The molecule has 6 nitrogen and oxygen atoms in total. The first-order valence-corrected chi connectivity index (χ1v) is 5.13. The molecule has 1 aliphatic heterocycles. The molecule has 1 saturated heterocycles. The summed E-state index contributed by atoms with van der Waals surface area (Å²) in [5.41, 5.74) is 0. The summed E-state index contributed by atoms with van der Waals surface area (Å²) in [5, 5.41) is 37.1. The first-order chi connectivity index (χ1) is 7.11. The third-order valence-electron chi connectivity index (χ3n) is 2.21. The third-order valence-corrected chi connectivity index (χ3v) is 2.36.